The molecule has 3 aromatic rings. The Kier molecular flexibility index (Phi) is 5.82. The molecule has 0 saturated heterocycles. The van der Waals surface area contributed by atoms with E-state index in [0.29, 0.717) is 11.0 Å². The second-order valence-electron chi connectivity index (χ2n) is 7.51. The van der Waals surface area contributed by atoms with E-state index in [4.69, 9.17) is 4.74 Å². The molecule has 5 heteroatoms. The van der Waals surface area contributed by atoms with Crippen LogP contribution in [0.4, 0.5) is 0 Å². The fourth-order valence-electron chi connectivity index (χ4n) is 2.69. The summed E-state index contributed by atoms with van der Waals surface area (Å²) in [5.41, 5.74) is 0.0191. The first-order chi connectivity index (χ1) is 13.9. The van der Waals surface area contributed by atoms with Crippen LogP contribution in [0.3, 0.4) is 0 Å². The number of Topliss-reactive ketones (excluding diaryl/α,β-unsaturated/α-hetero) is 1. The average Bonchev–Trinajstić information content (AvgIpc) is 3.14. The van der Waals surface area contributed by atoms with Gasteiger partial charge in [0.1, 0.15) is 5.52 Å². The van der Waals surface area contributed by atoms with Gasteiger partial charge in [-0.1, -0.05) is 47.4 Å². The van der Waals surface area contributed by atoms with Crippen LogP contribution < -0.4 is 0 Å². The van der Waals surface area contributed by atoms with Gasteiger partial charge < -0.3 is 4.74 Å². The van der Waals surface area contributed by atoms with Crippen molar-refractivity contribution in [2.75, 3.05) is 6.61 Å². The van der Waals surface area contributed by atoms with E-state index in [1.165, 1.54) is 4.68 Å². The van der Waals surface area contributed by atoms with Crippen molar-refractivity contribution in [1.29, 1.82) is 0 Å². The second-order valence-corrected chi connectivity index (χ2v) is 7.51. The van der Waals surface area contributed by atoms with Gasteiger partial charge in [-0.25, -0.2) is 0 Å². The molecule has 5 nitrogen and oxygen atoms in total. The number of ketones is 1. The predicted octanol–water partition coefficient (Wildman–Crippen LogP) is 3.79. The minimum absolute atomic E-state index is 0.251. The van der Waals surface area contributed by atoms with Crippen molar-refractivity contribution < 1.29 is 9.53 Å². The number of fused-ring (bicyclic) bond motifs is 1. The number of hydrogen-bond donors (Lipinski definition) is 0. The summed E-state index contributed by atoms with van der Waals surface area (Å²) in [6, 6.07) is 16.8. The van der Waals surface area contributed by atoms with E-state index in [9.17, 15) is 4.79 Å². The standard InChI is InChI=1S/C24H23N3O2/c1-5-29-24(22(28)16-17-23(2,3)4,18-15-19-11-7-6-8-12-19)27-21-14-10-9-13-20(21)25-26-27/h6-14H,5H2,1-4H3. The molecule has 0 saturated carbocycles. The largest absolute Gasteiger partial charge is 0.337 e. The van der Waals surface area contributed by atoms with Gasteiger partial charge in [0.15, 0.2) is 0 Å². The molecular weight excluding hydrogens is 362 g/mol. The van der Waals surface area contributed by atoms with Crippen molar-refractivity contribution in [1.82, 2.24) is 15.0 Å². The van der Waals surface area contributed by atoms with Crippen molar-refractivity contribution in [3.05, 3.63) is 60.2 Å². The number of carbonyl (C=O) groups is 1. The van der Waals surface area contributed by atoms with Crippen LogP contribution in [0.1, 0.15) is 33.3 Å². The van der Waals surface area contributed by atoms with Crippen LogP contribution in [0.5, 0.6) is 0 Å². The van der Waals surface area contributed by atoms with E-state index in [1.807, 2.05) is 82.3 Å². The zero-order chi connectivity index (χ0) is 20.9. The first-order valence-electron chi connectivity index (χ1n) is 9.46. The molecule has 0 aliphatic carbocycles. The minimum Gasteiger partial charge on any atom is -0.337 e. The molecule has 1 atom stereocenters. The Morgan fingerprint density at radius 1 is 1.03 bits per heavy atom. The van der Waals surface area contributed by atoms with E-state index in [1.54, 1.807) is 0 Å². The van der Waals surface area contributed by atoms with Gasteiger partial charge in [-0.3, -0.25) is 4.79 Å². The molecule has 0 N–H and O–H groups in total. The third-order valence-corrected chi connectivity index (χ3v) is 4.01. The van der Waals surface area contributed by atoms with Gasteiger partial charge in [0, 0.05) is 17.6 Å². The maximum absolute atomic E-state index is 13.4. The third kappa shape index (κ3) is 4.54. The van der Waals surface area contributed by atoms with E-state index in [2.05, 4.69) is 34.0 Å². The Labute approximate surface area is 171 Å². The molecular formula is C24H23N3O2. The number of aromatic nitrogens is 3. The SMILES string of the molecule is CCOC(C#Cc1ccccc1)(C(=O)C#CC(C)(C)C)n1nnc2ccccc21. The quantitative estimate of drug-likeness (QED) is 0.506. The van der Waals surface area contributed by atoms with Gasteiger partial charge in [-0.05, 0) is 63.8 Å². The van der Waals surface area contributed by atoms with Gasteiger partial charge in [-0.15, -0.1) is 5.10 Å². The molecule has 1 unspecified atom stereocenters. The number of para-hydroxylation sites is 1. The summed E-state index contributed by atoms with van der Waals surface area (Å²) in [6.07, 6.45) is 0. The zero-order valence-electron chi connectivity index (χ0n) is 17.1. The summed E-state index contributed by atoms with van der Waals surface area (Å²) in [7, 11) is 0. The fourth-order valence-corrected chi connectivity index (χ4v) is 2.69. The second kappa shape index (κ2) is 8.31. The third-order valence-electron chi connectivity index (χ3n) is 4.01. The van der Waals surface area contributed by atoms with E-state index in [-0.39, 0.29) is 12.0 Å². The summed E-state index contributed by atoms with van der Waals surface area (Å²) in [4.78, 5) is 13.4. The summed E-state index contributed by atoms with van der Waals surface area (Å²) in [5.74, 6) is 11.3. The highest BCUT2D eigenvalue weighted by molar-refractivity contribution is 6.03. The van der Waals surface area contributed by atoms with Gasteiger partial charge >= 0.3 is 0 Å². The van der Waals surface area contributed by atoms with Gasteiger partial charge in [0.2, 0.25) is 0 Å². The normalized spacial score (nSPS) is 13.0. The maximum atomic E-state index is 13.4. The highest BCUT2D eigenvalue weighted by Gasteiger charge is 2.42. The predicted molar refractivity (Wildman–Crippen MR) is 113 cm³/mol. The monoisotopic (exact) mass is 385 g/mol. The Bertz CT molecular complexity index is 1140. The molecule has 1 aromatic heterocycles. The molecule has 0 aliphatic rings. The summed E-state index contributed by atoms with van der Waals surface area (Å²) >= 11 is 0. The number of hydrogen-bond acceptors (Lipinski definition) is 4. The summed E-state index contributed by atoms with van der Waals surface area (Å²) in [5, 5.41) is 8.39. The van der Waals surface area contributed by atoms with Crippen LogP contribution >= 0.6 is 0 Å². The summed E-state index contributed by atoms with van der Waals surface area (Å²) in [6.45, 7) is 7.88. The van der Waals surface area contributed by atoms with Crippen LogP contribution in [-0.2, 0) is 15.3 Å². The molecule has 0 fully saturated rings. The van der Waals surface area contributed by atoms with Gasteiger partial charge in [0.25, 0.3) is 11.5 Å². The molecule has 146 valence electrons. The van der Waals surface area contributed by atoms with Crippen molar-refractivity contribution in [3.63, 3.8) is 0 Å². The lowest BCUT2D eigenvalue weighted by Gasteiger charge is -2.25. The highest BCUT2D eigenvalue weighted by atomic mass is 16.5. The average molecular weight is 385 g/mol. The van der Waals surface area contributed by atoms with Gasteiger partial charge in [0.05, 0.1) is 5.52 Å². The Balaban J connectivity index is 2.24. The topological polar surface area (TPSA) is 57.0 Å². The van der Waals surface area contributed by atoms with Crippen LogP contribution in [0.25, 0.3) is 11.0 Å². The molecule has 3 rings (SSSR count). The lowest BCUT2D eigenvalue weighted by Crippen LogP contribution is -2.44. The Hall–Kier alpha value is -3.41. The van der Waals surface area contributed by atoms with E-state index in [0.717, 1.165) is 5.56 Å². The van der Waals surface area contributed by atoms with Crippen molar-refractivity contribution in [2.24, 2.45) is 5.41 Å². The van der Waals surface area contributed by atoms with E-state index >= 15 is 0 Å². The Morgan fingerprint density at radius 2 is 1.72 bits per heavy atom. The van der Waals surface area contributed by atoms with Crippen molar-refractivity contribution in [3.8, 4) is 23.7 Å². The number of carbonyl (C=O) groups excluding carboxylic acids is 1. The molecule has 0 bridgehead atoms. The zero-order valence-corrected chi connectivity index (χ0v) is 17.1. The lowest BCUT2D eigenvalue weighted by molar-refractivity contribution is -0.142. The minimum atomic E-state index is -1.70. The smallest absolute Gasteiger partial charge is 0.299 e. The van der Waals surface area contributed by atoms with Crippen molar-refractivity contribution in [2.45, 2.75) is 33.4 Å². The van der Waals surface area contributed by atoms with Crippen LogP contribution in [0, 0.1) is 29.1 Å². The first-order valence-corrected chi connectivity index (χ1v) is 9.46. The van der Waals surface area contributed by atoms with Crippen LogP contribution in [-0.4, -0.2) is 27.4 Å². The first kappa shape index (κ1) is 20.3. The summed E-state index contributed by atoms with van der Waals surface area (Å²) < 4.78 is 7.40. The highest BCUT2D eigenvalue weighted by Crippen LogP contribution is 2.24. The Morgan fingerprint density at radius 3 is 2.41 bits per heavy atom. The van der Waals surface area contributed by atoms with E-state index < -0.39 is 11.5 Å². The number of nitrogens with zero attached hydrogens (tertiary/aromatic N) is 3. The molecule has 1 heterocycles. The van der Waals surface area contributed by atoms with Gasteiger partial charge in [-0.2, -0.15) is 4.68 Å². The molecule has 29 heavy (non-hydrogen) atoms. The number of benzene rings is 2. The molecule has 0 aliphatic heterocycles. The van der Waals surface area contributed by atoms with Crippen LogP contribution in [0.2, 0.25) is 0 Å². The maximum Gasteiger partial charge on any atom is 0.299 e. The fraction of sp³-hybridized carbons (Fsp3) is 0.292. The van der Waals surface area contributed by atoms with Crippen LogP contribution in [0.15, 0.2) is 54.6 Å². The number of ether oxygens (including phenoxy) is 1. The van der Waals surface area contributed by atoms with Crippen molar-refractivity contribution >= 4 is 16.8 Å². The number of rotatable bonds is 4. The molecule has 2 aromatic carbocycles. The molecule has 0 spiro atoms. The molecule has 0 radical (unpaired) electrons. The lowest BCUT2D eigenvalue weighted by atomic mass is 9.96. The molecule has 0 amide bonds.